The van der Waals surface area contributed by atoms with Crippen molar-refractivity contribution in [2.45, 2.75) is 70.6 Å². The summed E-state index contributed by atoms with van der Waals surface area (Å²) in [5, 5.41) is 12.1. The monoisotopic (exact) mass is 465 g/mol. The van der Waals surface area contributed by atoms with Gasteiger partial charge < -0.3 is 20.1 Å². The van der Waals surface area contributed by atoms with E-state index in [1.54, 1.807) is 6.07 Å². The first-order valence-electron chi connectivity index (χ1n) is 11.7. The summed E-state index contributed by atoms with van der Waals surface area (Å²) >= 11 is 0. The summed E-state index contributed by atoms with van der Waals surface area (Å²) in [4.78, 5) is 50.4. The highest BCUT2D eigenvalue weighted by molar-refractivity contribution is 6.05. The normalized spacial score (nSPS) is 19.8. The Kier molecular flexibility index (Phi) is 6.04. The first kappa shape index (κ1) is 22.1. The van der Waals surface area contributed by atoms with Crippen molar-refractivity contribution >= 4 is 23.8 Å². The van der Waals surface area contributed by atoms with Gasteiger partial charge >= 0.3 is 6.03 Å². The van der Waals surface area contributed by atoms with Gasteiger partial charge in [0.2, 0.25) is 11.8 Å². The van der Waals surface area contributed by atoms with Crippen LogP contribution in [-0.2, 0) is 42.1 Å². The molecule has 1 fully saturated rings. The molecule has 0 saturated carbocycles. The fourth-order valence-electron chi connectivity index (χ4n) is 4.89. The third-order valence-corrected chi connectivity index (χ3v) is 6.74. The lowest BCUT2D eigenvalue weighted by molar-refractivity contribution is -0.136. The number of aryl methyl sites for hydroxylation is 1. The molecular formula is C24H27N5O5. The average Bonchev–Trinajstić information content (AvgIpc) is 3.26. The molecule has 2 aliphatic heterocycles. The molecule has 10 heteroatoms. The highest BCUT2D eigenvalue weighted by Gasteiger charge is 2.39. The number of aromatic nitrogens is 1. The molecule has 3 N–H and O–H groups in total. The zero-order valence-corrected chi connectivity index (χ0v) is 18.8. The number of carbonyl (C=O) groups is 4. The Bertz CT molecular complexity index is 1160. The van der Waals surface area contributed by atoms with E-state index in [2.05, 4.69) is 21.1 Å². The van der Waals surface area contributed by atoms with Gasteiger partial charge in [0.25, 0.3) is 5.91 Å². The summed E-state index contributed by atoms with van der Waals surface area (Å²) in [6.45, 7) is 0.882. The van der Waals surface area contributed by atoms with Gasteiger partial charge in [0.1, 0.15) is 17.5 Å². The number of fused-ring (bicyclic) bond motifs is 2. The fraction of sp³-hybridized carbons (Fsp3) is 0.458. The van der Waals surface area contributed by atoms with Crippen LogP contribution in [0.15, 0.2) is 22.7 Å². The van der Waals surface area contributed by atoms with Crippen molar-refractivity contribution in [2.24, 2.45) is 0 Å². The lowest BCUT2D eigenvalue weighted by Gasteiger charge is -2.29. The van der Waals surface area contributed by atoms with Crippen LogP contribution in [0.1, 0.15) is 70.6 Å². The van der Waals surface area contributed by atoms with E-state index in [9.17, 15) is 19.2 Å². The van der Waals surface area contributed by atoms with Gasteiger partial charge in [-0.2, -0.15) is 0 Å². The Morgan fingerprint density at radius 1 is 1.09 bits per heavy atom. The Balaban J connectivity index is 1.16. The van der Waals surface area contributed by atoms with Crippen molar-refractivity contribution in [1.82, 2.24) is 26.0 Å². The molecule has 2 aromatic rings. The standard InChI is InChI=1S/C24H27N5O5/c30-21-9-8-19(22(31)27-21)29-13-15-7-6-14(10-17(15)23(29)32)11-25-24(33)26-12-18-16-4-2-1-3-5-20(16)34-28-18/h6-7,10,19H,1-5,8-9,11-13H2,(H2,25,26,33)(H,27,30,31). The topological polar surface area (TPSA) is 134 Å². The Labute approximate surface area is 196 Å². The molecule has 1 aromatic heterocycles. The van der Waals surface area contributed by atoms with Crippen LogP contribution in [-0.4, -0.2) is 39.9 Å². The molecule has 0 radical (unpaired) electrons. The van der Waals surface area contributed by atoms with Crippen molar-refractivity contribution in [1.29, 1.82) is 0 Å². The van der Waals surface area contributed by atoms with E-state index in [-0.39, 0.29) is 30.8 Å². The predicted molar refractivity (Wildman–Crippen MR) is 119 cm³/mol. The zero-order valence-electron chi connectivity index (χ0n) is 18.8. The molecule has 1 unspecified atom stereocenters. The van der Waals surface area contributed by atoms with Crippen LogP contribution in [0, 0.1) is 0 Å². The van der Waals surface area contributed by atoms with E-state index in [0.717, 1.165) is 53.8 Å². The van der Waals surface area contributed by atoms with Crippen LogP contribution in [0.2, 0.25) is 0 Å². The number of piperidine rings is 1. The van der Waals surface area contributed by atoms with Crippen molar-refractivity contribution in [3.05, 3.63) is 51.9 Å². The second-order valence-corrected chi connectivity index (χ2v) is 9.02. The maximum absolute atomic E-state index is 12.9. The zero-order chi connectivity index (χ0) is 23.7. The van der Waals surface area contributed by atoms with Crippen molar-refractivity contribution in [2.75, 3.05) is 0 Å². The van der Waals surface area contributed by atoms with Gasteiger partial charge in [-0.1, -0.05) is 23.7 Å². The van der Waals surface area contributed by atoms with Gasteiger partial charge in [-0.15, -0.1) is 0 Å². The molecule has 5 rings (SSSR count). The van der Waals surface area contributed by atoms with E-state index < -0.39 is 11.9 Å². The number of benzene rings is 1. The quantitative estimate of drug-likeness (QED) is 0.455. The van der Waals surface area contributed by atoms with Gasteiger partial charge in [-0.05, 0) is 42.9 Å². The lowest BCUT2D eigenvalue weighted by atomic mass is 10.0. The first-order chi connectivity index (χ1) is 16.5. The average molecular weight is 466 g/mol. The predicted octanol–water partition coefficient (Wildman–Crippen LogP) is 1.70. The molecule has 34 heavy (non-hydrogen) atoms. The molecule has 1 atom stereocenters. The summed E-state index contributed by atoms with van der Waals surface area (Å²) in [5.74, 6) is -0.0395. The van der Waals surface area contributed by atoms with Gasteiger partial charge in [0, 0.05) is 37.1 Å². The Hall–Kier alpha value is -3.69. The third-order valence-electron chi connectivity index (χ3n) is 6.74. The number of amides is 5. The number of nitrogens with one attached hydrogen (secondary N) is 3. The lowest BCUT2D eigenvalue weighted by Crippen LogP contribution is -2.52. The number of rotatable bonds is 5. The second-order valence-electron chi connectivity index (χ2n) is 9.02. The van der Waals surface area contributed by atoms with Gasteiger partial charge in [-0.25, -0.2) is 4.79 Å². The SMILES string of the molecule is O=C1CCC(N2Cc3ccc(CNC(=O)NCc4noc5c4CCCCC5)cc3C2=O)C(=O)N1. The number of carbonyl (C=O) groups excluding carboxylic acids is 4. The van der Waals surface area contributed by atoms with E-state index in [0.29, 0.717) is 25.1 Å². The van der Waals surface area contributed by atoms with Crippen molar-refractivity contribution in [3.8, 4) is 0 Å². The molecule has 1 saturated heterocycles. The number of urea groups is 1. The van der Waals surface area contributed by atoms with Crippen LogP contribution < -0.4 is 16.0 Å². The summed E-state index contributed by atoms with van der Waals surface area (Å²) in [5.41, 5.74) is 4.03. The van der Waals surface area contributed by atoms with Crippen LogP contribution in [0.4, 0.5) is 4.79 Å². The fourth-order valence-corrected chi connectivity index (χ4v) is 4.89. The highest BCUT2D eigenvalue weighted by atomic mass is 16.5. The molecule has 1 aromatic carbocycles. The molecule has 10 nitrogen and oxygen atoms in total. The number of nitrogens with zero attached hydrogens (tertiary/aromatic N) is 2. The third kappa shape index (κ3) is 4.40. The smallest absolute Gasteiger partial charge is 0.315 e. The highest BCUT2D eigenvalue weighted by Crippen LogP contribution is 2.28. The molecule has 3 heterocycles. The molecular weight excluding hydrogens is 438 g/mol. The summed E-state index contributed by atoms with van der Waals surface area (Å²) < 4.78 is 5.45. The van der Waals surface area contributed by atoms with Gasteiger partial charge in [-0.3, -0.25) is 19.7 Å². The van der Waals surface area contributed by atoms with Crippen LogP contribution >= 0.6 is 0 Å². The molecule has 3 aliphatic rings. The van der Waals surface area contributed by atoms with Crippen molar-refractivity contribution < 1.29 is 23.7 Å². The van der Waals surface area contributed by atoms with Crippen LogP contribution in [0.25, 0.3) is 0 Å². The molecule has 0 bridgehead atoms. The minimum Gasteiger partial charge on any atom is -0.361 e. The van der Waals surface area contributed by atoms with Crippen molar-refractivity contribution in [3.63, 3.8) is 0 Å². The van der Waals surface area contributed by atoms with Crippen LogP contribution in [0.5, 0.6) is 0 Å². The van der Waals surface area contributed by atoms with E-state index in [4.69, 9.17) is 4.52 Å². The minimum absolute atomic E-state index is 0.220. The summed E-state index contributed by atoms with van der Waals surface area (Å²) in [7, 11) is 0. The molecule has 0 spiro atoms. The maximum atomic E-state index is 12.9. The summed E-state index contributed by atoms with van der Waals surface area (Å²) in [6.07, 6.45) is 5.75. The maximum Gasteiger partial charge on any atom is 0.315 e. The largest absolute Gasteiger partial charge is 0.361 e. The Morgan fingerprint density at radius 2 is 1.91 bits per heavy atom. The molecule has 178 valence electrons. The van der Waals surface area contributed by atoms with E-state index in [1.165, 1.54) is 11.3 Å². The number of imide groups is 1. The minimum atomic E-state index is -0.642. The van der Waals surface area contributed by atoms with Gasteiger partial charge in [0.15, 0.2) is 0 Å². The molecule has 5 amide bonds. The molecule has 1 aliphatic carbocycles. The second kappa shape index (κ2) is 9.28. The van der Waals surface area contributed by atoms with Gasteiger partial charge in [0.05, 0.1) is 6.54 Å². The summed E-state index contributed by atoms with van der Waals surface area (Å²) in [6, 6.07) is 4.48. The van der Waals surface area contributed by atoms with E-state index >= 15 is 0 Å². The Morgan fingerprint density at radius 3 is 2.76 bits per heavy atom. The number of hydrogen-bond donors (Lipinski definition) is 3. The van der Waals surface area contributed by atoms with Crippen LogP contribution in [0.3, 0.4) is 0 Å². The number of hydrogen-bond acceptors (Lipinski definition) is 6. The first-order valence-corrected chi connectivity index (χ1v) is 11.7. The van der Waals surface area contributed by atoms with E-state index in [1.807, 2.05) is 12.1 Å².